The maximum Gasteiger partial charge on any atom is 0.165 e. The van der Waals surface area contributed by atoms with Crippen molar-refractivity contribution in [2.75, 3.05) is 13.7 Å². The summed E-state index contributed by atoms with van der Waals surface area (Å²) in [6, 6.07) is 9.50. The quantitative estimate of drug-likeness (QED) is 0.728. The van der Waals surface area contributed by atoms with Crippen molar-refractivity contribution in [2.45, 2.75) is 13.0 Å². The Morgan fingerprint density at radius 1 is 1.24 bits per heavy atom. The van der Waals surface area contributed by atoms with Crippen LogP contribution in [-0.4, -0.2) is 13.7 Å². The van der Waals surface area contributed by atoms with E-state index in [1.54, 1.807) is 34.8 Å². The molecule has 3 aromatic rings. The number of hydrogen-bond acceptors (Lipinski definition) is 4. The Labute approximate surface area is 131 Å². The molecule has 2 heterocycles. The third kappa shape index (κ3) is 2.81. The van der Waals surface area contributed by atoms with Gasteiger partial charge in [0.1, 0.15) is 0 Å². The summed E-state index contributed by atoms with van der Waals surface area (Å²) in [5.41, 5.74) is 0.920. The fourth-order valence-corrected chi connectivity index (χ4v) is 4.60. The molecule has 3 rings (SSSR count). The van der Waals surface area contributed by atoms with Gasteiger partial charge >= 0.3 is 0 Å². The third-order valence-corrected chi connectivity index (χ3v) is 5.52. The SMILES string of the molecule is CCNC(c1ccc(OC)c(F)c1)c1cc2sccc2s1. The Kier molecular flexibility index (Phi) is 4.24. The van der Waals surface area contributed by atoms with Crippen LogP contribution in [0.2, 0.25) is 0 Å². The molecule has 1 atom stereocenters. The lowest BCUT2D eigenvalue weighted by molar-refractivity contribution is 0.386. The Bertz CT molecular complexity index is 721. The minimum atomic E-state index is -0.323. The maximum atomic E-state index is 14.0. The van der Waals surface area contributed by atoms with Crippen molar-refractivity contribution in [3.05, 3.63) is 52.0 Å². The van der Waals surface area contributed by atoms with Gasteiger partial charge in [-0.3, -0.25) is 0 Å². The molecule has 0 aliphatic carbocycles. The Morgan fingerprint density at radius 3 is 2.76 bits per heavy atom. The molecule has 0 saturated carbocycles. The number of hydrogen-bond donors (Lipinski definition) is 1. The molecule has 1 unspecified atom stereocenters. The van der Waals surface area contributed by atoms with Gasteiger partial charge < -0.3 is 10.1 Å². The van der Waals surface area contributed by atoms with Gasteiger partial charge in [0.25, 0.3) is 0 Å². The van der Waals surface area contributed by atoms with Crippen LogP contribution in [0.1, 0.15) is 23.4 Å². The van der Waals surface area contributed by atoms with Gasteiger partial charge in [-0.1, -0.05) is 13.0 Å². The van der Waals surface area contributed by atoms with E-state index in [0.29, 0.717) is 0 Å². The van der Waals surface area contributed by atoms with Crippen molar-refractivity contribution in [1.82, 2.24) is 5.32 Å². The number of methoxy groups -OCH3 is 1. The summed E-state index contributed by atoms with van der Waals surface area (Å²) >= 11 is 3.49. The summed E-state index contributed by atoms with van der Waals surface area (Å²) in [6.07, 6.45) is 0. The second-order valence-electron chi connectivity index (χ2n) is 4.68. The van der Waals surface area contributed by atoms with Crippen LogP contribution in [0.15, 0.2) is 35.7 Å². The number of halogens is 1. The lowest BCUT2D eigenvalue weighted by atomic mass is 10.0. The highest BCUT2D eigenvalue weighted by molar-refractivity contribution is 7.27. The number of benzene rings is 1. The summed E-state index contributed by atoms with van der Waals surface area (Å²) in [6.45, 7) is 2.88. The first kappa shape index (κ1) is 14.5. The summed E-state index contributed by atoms with van der Waals surface area (Å²) in [5.74, 6) is -0.0440. The van der Waals surface area contributed by atoms with Gasteiger partial charge in [0.05, 0.1) is 13.2 Å². The molecule has 2 aromatic heterocycles. The minimum absolute atomic E-state index is 0.0139. The molecule has 2 nitrogen and oxygen atoms in total. The standard InChI is InChI=1S/C16H16FNOS2/c1-3-18-16(10-4-5-12(19-2)11(17)8-10)15-9-14-13(21-15)6-7-20-14/h4-9,16,18H,3H2,1-2H3. The van der Waals surface area contributed by atoms with Crippen LogP contribution < -0.4 is 10.1 Å². The van der Waals surface area contributed by atoms with Crippen LogP contribution in [0.5, 0.6) is 5.75 Å². The van der Waals surface area contributed by atoms with E-state index in [9.17, 15) is 4.39 Å². The van der Waals surface area contributed by atoms with E-state index >= 15 is 0 Å². The average molecular weight is 321 g/mol. The highest BCUT2D eigenvalue weighted by Crippen LogP contribution is 2.36. The number of ether oxygens (including phenoxy) is 1. The second kappa shape index (κ2) is 6.13. The first-order valence-electron chi connectivity index (χ1n) is 6.76. The average Bonchev–Trinajstić information content (AvgIpc) is 3.05. The molecule has 0 aliphatic heterocycles. The van der Waals surface area contributed by atoms with E-state index in [-0.39, 0.29) is 17.6 Å². The maximum absolute atomic E-state index is 14.0. The highest BCUT2D eigenvalue weighted by atomic mass is 32.1. The van der Waals surface area contributed by atoms with Crippen LogP contribution >= 0.6 is 22.7 Å². The van der Waals surface area contributed by atoms with Crippen molar-refractivity contribution in [3.8, 4) is 5.75 Å². The molecular formula is C16H16FNOS2. The van der Waals surface area contributed by atoms with E-state index in [1.165, 1.54) is 21.4 Å². The number of nitrogens with one attached hydrogen (secondary N) is 1. The summed E-state index contributed by atoms with van der Waals surface area (Å²) in [4.78, 5) is 1.21. The molecule has 21 heavy (non-hydrogen) atoms. The van der Waals surface area contributed by atoms with Gasteiger partial charge in [0.15, 0.2) is 11.6 Å². The monoisotopic (exact) mass is 321 g/mol. The van der Waals surface area contributed by atoms with Gasteiger partial charge in [0, 0.05) is 14.3 Å². The van der Waals surface area contributed by atoms with E-state index in [0.717, 1.165) is 12.1 Å². The number of thiophene rings is 2. The molecule has 0 bridgehead atoms. The van der Waals surface area contributed by atoms with Crippen molar-refractivity contribution >= 4 is 32.1 Å². The van der Waals surface area contributed by atoms with E-state index in [2.05, 4.69) is 29.8 Å². The predicted octanol–water partition coefficient (Wildman–Crippen LogP) is 4.81. The molecule has 1 aromatic carbocycles. The van der Waals surface area contributed by atoms with Crippen molar-refractivity contribution < 1.29 is 9.13 Å². The third-order valence-electron chi connectivity index (χ3n) is 3.36. The van der Waals surface area contributed by atoms with Gasteiger partial charge in [0.2, 0.25) is 0 Å². The van der Waals surface area contributed by atoms with Crippen molar-refractivity contribution in [2.24, 2.45) is 0 Å². The van der Waals surface area contributed by atoms with E-state index in [4.69, 9.17) is 4.74 Å². The van der Waals surface area contributed by atoms with Crippen LogP contribution in [-0.2, 0) is 0 Å². The van der Waals surface area contributed by atoms with Crippen molar-refractivity contribution in [1.29, 1.82) is 0 Å². The molecule has 0 amide bonds. The van der Waals surface area contributed by atoms with Crippen LogP contribution in [0.4, 0.5) is 4.39 Å². The van der Waals surface area contributed by atoms with Crippen molar-refractivity contribution in [3.63, 3.8) is 0 Å². The van der Waals surface area contributed by atoms with Crippen LogP contribution in [0.25, 0.3) is 9.40 Å². The summed E-state index contributed by atoms with van der Waals surface area (Å²) in [5, 5.41) is 5.54. The van der Waals surface area contributed by atoms with Gasteiger partial charge in [-0.15, -0.1) is 22.7 Å². The fraction of sp³-hybridized carbons (Fsp3) is 0.250. The zero-order valence-corrected chi connectivity index (χ0v) is 13.5. The molecule has 0 aliphatic rings. The number of rotatable bonds is 5. The topological polar surface area (TPSA) is 21.3 Å². The molecule has 0 fully saturated rings. The molecular weight excluding hydrogens is 305 g/mol. The molecule has 5 heteroatoms. The molecule has 0 saturated heterocycles. The van der Waals surface area contributed by atoms with E-state index < -0.39 is 0 Å². The van der Waals surface area contributed by atoms with Gasteiger partial charge in [-0.05, 0) is 41.8 Å². The predicted molar refractivity (Wildman–Crippen MR) is 88.2 cm³/mol. The fourth-order valence-electron chi connectivity index (χ4n) is 2.38. The minimum Gasteiger partial charge on any atom is -0.494 e. The lowest BCUT2D eigenvalue weighted by Gasteiger charge is -2.17. The second-order valence-corrected chi connectivity index (χ2v) is 6.75. The largest absolute Gasteiger partial charge is 0.494 e. The zero-order valence-electron chi connectivity index (χ0n) is 11.9. The lowest BCUT2D eigenvalue weighted by Crippen LogP contribution is -2.21. The first-order valence-corrected chi connectivity index (χ1v) is 8.46. The normalized spacial score (nSPS) is 12.7. The molecule has 0 radical (unpaired) electrons. The van der Waals surface area contributed by atoms with Gasteiger partial charge in [-0.2, -0.15) is 0 Å². The Morgan fingerprint density at radius 2 is 2.10 bits per heavy atom. The van der Waals surface area contributed by atoms with Crippen LogP contribution in [0, 0.1) is 5.82 Å². The van der Waals surface area contributed by atoms with Crippen LogP contribution in [0.3, 0.4) is 0 Å². The molecule has 0 spiro atoms. The van der Waals surface area contributed by atoms with Gasteiger partial charge in [-0.25, -0.2) is 4.39 Å². The highest BCUT2D eigenvalue weighted by Gasteiger charge is 2.18. The smallest absolute Gasteiger partial charge is 0.165 e. The Balaban J connectivity index is 2.00. The summed E-state index contributed by atoms with van der Waals surface area (Å²) in [7, 11) is 1.48. The van der Waals surface area contributed by atoms with E-state index in [1.807, 2.05) is 6.07 Å². The molecule has 1 N–H and O–H groups in total. The Hall–Kier alpha value is -1.43. The number of fused-ring (bicyclic) bond motifs is 1. The molecule has 110 valence electrons. The zero-order chi connectivity index (χ0) is 14.8. The summed E-state index contributed by atoms with van der Waals surface area (Å²) < 4.78 is 21.5. The first-order chi connectivity index (χ1) is 10.2.